The fraction of sp³-hybridized carbons (Fsp3) is 0.652. The van der Waals surface area contributed by atoms with Crippen LogP contribution in [0.5, 0.6) is 0 Å². The third-order valence-electron chi connectivity index (χ3n) is 7.77. The zero-order valence-corrected chi connectivity index (χ0v) is 16.1. The van der Waals surface area contributed by atoms with Crippen LogP contribution in [0.4, 0.5) is 0 Å². The SMILES string of the molecule is C.C[C@@H]1CC2C3CCC4=CC(=O)C=C[C@]4(C)C3=CC[C@]2(C)C1C(=O)CCl. The van der Waals surface area contributed by atoms with E-state index < -0.39 is 0 Å². The topological polar surface area (TPSA) is 34.1 Å². The Morgan fingerprint density at radius 2 is 2.08 bits per heavy atom. The Kier molecular flexibility index (Phi) is 4.88. The molecule has 2 nitrogen and oxygen atoms in total. The van der Waals surface area contributed by atoms with Gasteiger partial charge in [-0.25, -0.2) is 0 Å². The van der Waals surface area contributed by atoms with Gasteiger partial charge in [-0.15, -0.1) is 11.6 Å². The summed E-state index contributed by atoms with van der Waals surface area (Å²) in [5.41, 5.74) is 2.69. The van der Waals surface area contributed by atoms with Crippen molar-refractivity contribution >= 4 is 23.2 Å². The van der Waals surface area contributed by atoms with Crippen LogP contribution >= 0.6 is 11.6 Å². The molecule has 0 amide bonds. The molecular formula is C23H31ClO2. The first kappa shape index (κ1) is 19.6. The summed E-state index contributed by atoms with van der Waals surface area (Å²) in [6.07, 6.45) is 12.3. The van der Waals surface area contributed by atoms with Crippen LogP contribution < -0.4 is 0 Å². The minimum absolute atomic E-state index is 0. The summed E-state index contributed by atoms with van der Waals surface area (Å²) in [5.74, 6) is 2.03. The highest BCUT2D eigenvalue weighted by molar-refractivity contribution is 6.28. The first-order chi connectivity index (χ1) is 11.8. The van der Waals surface area contributed by atoms with Gasteiger partial charge < -0.3 is 0 Å². The summed E-state index contributed by atoms with van der Waals surface area (Å²) < 4.78 is 0. The zero-order chi connectivity index (χ0) is 18.0. The molecule has 2 fully saturated rings. The van der Waals surface area contributed by atoms with E-state index in [9.17, 15) is 9.59 Å². The smallest absolute Gasteiger partial charge is 0.178 e. The Morgan fingerprint density at radius 3 is 2.77 bits per heavy atom. The predicted octanol–water partition coefficient (Wildman–Crippen LogP) is 5.52. The molecule has 0 aromatic heterocycles. The van der Waals surface area contributed by atoms with E-state index in [1.807, 2.05) is 6.08 Å². The number of hydrogen-bond acceptors (Lipinski definition) is 2. The highest BCUT2D eigenvalue weighted by Crippen LogP contribution is 2.65. The number of fused-ring (bicyclic) bond motifs is 5. The summed E-state index contributed by atoms with van der Waals surface area (Å²) in [6.45, 7) is 6.81. The molecule has 0 aliphatic heterocycles. The molecule has 142 valence electrons. The molecule has 0 spiro atoms. The molecule has 0 aromatic rings. The summed E-state index contributed by atoms with van der Waals surface area (Å²) in [7, 11) is 0. The monoisotopic (exact) mass is 374 g/mol. The molecule has 0 aromatic carbocycles. The lowest BCUT2D eigenvalue weighted by molar-refractivity contribution is -0.125. The molecule has 0 radical (unpaired) electrons. The van der Waals surface area contributed by atoms with Crippen molar-refractivity contribution in [2.75, 3.05) is 5.88 Å². The highest BCUT2D eigenvalue weighted by Gasteiger charge is 2.58. The van der Waals surface area contributed by atoms with Crippen molar-refractivity contribution in [2.45, 2.75) is 53.9 Å². The van der Waals surface area contributed by atoms with Gasteiger partial charge in [0.25, 0.3) is 0 Å². The number of hydrogen-bond donors (Lipinski definition) is 0. The van der Waals surface area contributed by atoms with Gasteiger partial charge in [-0.3, -0.25) is 9.59 Å². The van der Waals surface area contributed by atoms with E-state index in [0.717, 1.165) is 25.7 Å². The average Bonchev–Trinajstić information content (AvgIpc) is 2.85. The van der Waals surface area contributed by atoms with Gasteiger partial charge in [0, 0.05) is 11.3 Å². The van der Waals surface area contributed by atoms with Crippen molar-refractivity contribution in [2.24, 2.45) is 34.5 Å². The second-order valence-electron chi connectivity index (χ2n) is 9.02. The van der Waals surface area contributed by atoms with Crippen molar-refractivity contribution < 1.29 is 9.59 Å². The van der Waals surface area contributed by atoms with Gasteiger partial charge >= 0.3 is 0 Å². The maximum absolute atomic E-state index is 12.6. The number of allylic oxidation sites excluding steroid dienone is 6. The minimum Gasteiger partial charge on any atom is -0.298 e. The van der Waals surface area contributed by atoms with Gasteiger partial charge in [0.15, 0.2) is 11.6 Å². The number of ketones is 2. The van der Waals surface area contributed by atoms with Crippen LogP contribution in [-0.2, 0) is 9.59 Å². The molecule has 4 aliphatic carbocycles. The third-order valence-corrected chi connectivity index (χ3v) is 8.03. The van der Waals surface area contributed by atoms with Gasteiger partial charge in [0.2, 0.25) is 0 Å². The lowest BCUT2D eigenvalue weighted by Crippen LogP contribution is -2.45. The van der Waals surface area contributed by atoms with E-state index in [0.29, 0.717) is 17.8 Å². The normalized spacial score (nSPS) is 43.5. The first-order valence-corrected chi connectivity index (χ1v) is 10.1. The molecule has 3 heteroatoms. The highest BCUT2D eigenvalue weighted by atomic mass is 35.5. The number of alkyl halides is 1. The van der Waals surface area contributed by atoms with Crippen molar-refractivity contribution in [1.29, 1.82) is 0 Å². The van der Waals surface area contributed by atoms with E-state index in [1.54, 1.807) is 6.08 Å². The maximum Gasteiger partial charge on any atom is 0.178 e. The largest absolute Gasteiger partial charge is 0.298 e. The Bertz CT molecular complexity index is 730. The van der Waals surface area contributed by atoms with Crippen molar-refractivity contribution in [1.82, 2.24) is 0 Å². The molecule has 4 rings (SSSR count). The lowest BCUT2D eigenvalue weighted by Gasteiger charge is -2.52. The second kappa shape index (κ2) is 6.48. The van der Waals surface area contributed by atoms with Crippen LogP contribution in [0.15, 0.2) is 35.5 Å². The lowest BCUT2D eigenvalue weighted by atomic mass is 9.52. The van der Waals surface area contributed by atoms with Gasteiger partial charge in [0.1, 0.15) is 0 Å². The van der Waals surface area contributed by atoms with E-state index in [-0.39, 0.29) is 41.6 Å². The Balaban J connectivity index is 0.00000196. The third kappa shape index (κ3) is 2.52. The number of carbonyl (C=O) groups excluding carboxylic acids is 2. The molecule has 26 heavy (non-hydrogen) atoms. The summed E-state index contributed by atoms with van der Waals surface area (Å²) in [5, 5.41) is 0. The van der Waals surface area contributed by atoms with Crippen LogP contribution in [0.2, 0.25) is 0 Å². The number of carbonyl (C=O) groups is 2. The molecule has 3 unspecified atom stereocenters. The van der Waals surface area contributed by atoms with Crippen LogP contribution in [-0.4, -0.2) is 17.4 Å². The Labute approximate surface area is 162 Å². The molecule has 0 N–H and O–H groups in total. The number of Topliss-reactive ketones (excluding diaryl/α,β-unsaturated/α-hetero) is 1. The standard InChI is InChI=1S/C22H27ClO2.CH4/c1-13-10-18-16-5-4-14-11-15(24)6-8-21(14,2)17(16)7-9-22(18,3)20(13)19(25)12-23;/h6-8,11,13,16,18,20H,4-5,9-10,12H2,1-3H3;1H4/t13-,16?,18?,20?,21+,22+;/m1./s1. The molecule has 0 bridgehead atoms. The fourth-order valence-electron chi connectivity index (χ4n) is 6.66. The fourth-order valence-corrected chi connectivity index (χ4v) is 6.83. The first-order valence-electron chi connectivity index (χ1n) is 9.54. The van der Waals surface area contributed by atoms with Crippen molar-refractivity contribution in [3.8, 4) is 0 Å². The predicted molar refractivity (Wildman–Crippen MR) is 107 cm³/mol. The summed E-state index contributed by atoms with van der Waals surface area (Å²) in [6, 6.07) is 0. The zero-order valence-electron chi connectivity index (χ0n) is 15.3. The molecular weight excluding hydrogens is 344 g/mol. The van der Waals surface area contributed by atoms with Crippen LogP contribution in [0.3, 0.4) is 0 Å². The van der Waals surface area contributed by atoms with E-state index in [2.05, 4.69) is 32.9 Å². The van der Waals surface area contributed by atoms with E-state index in [4.69, 9.17) is 11.6 Å². The molecule has 2 saturated carbocycles. The molecule has 0 saturated heterocycles. The summed E-state index contributed by atoms with van der Waals surface area (Å²) >= 11 is 5.94. The number of rotatable bonds is 2. The molecule has 6 atom stereocenters. The van der Waals surface area contributed by atoms with Crippen LogP contribution in [0.25, 0.3) is 0 Å². The van der Waals surface area contributed by atoms with E-state index >= 15 is 0 Å². The number of halogens is 1. The van der Waals surface area contributed by atoms with Gasteiger partial charge in [-0.05, 0) is 67.9 Å². The quantitative estimate of drug-likeness (QED) is 0.471. The summed E-state index contributed by atoms with van der Waals surface area (Å²) in [4.78, 5) is 24.4. The Morgan fingerprint density at radius 1 is 1.35 bits per heavy atom. The molecule has 4 aliphatic rings. The van der Waals surface area contributed by atoms with Crippen molar-refractivity contribution in [3.63, 3.8) is 0 Å². The second-order valence-corrected chi connectivity index (χ2v) is 9.29. The van der Waals surface area contributed by atoms with Crippen molar-refractivity contribution in [3.05, 3.63) is 35.5 Å². The molecule has 0 heterocycles. The van der Waals surface area contributed by atoms with E-state index in [1.165, 1.54) is 11.1 Å². The van der Waals surface area contributed by atoms with Crippen LogP contribution in [0, 0.1) is 34.5 Å². The van der Waals surface area contributed by atoms with Crippen LogP contribution in [0.1, 0.15) is 53.9 Å². The minimum atomic E-state index is -0.101. The average molecular weight is 375 g/mol. The van der Waals surface area contributed by atoms with Gasteiger partial charge in [0.05, 0.1) is 5.88 Å². The van der Waals surface area contributed by atoms with Gasteiger partial charge in [-0.1, -0.05) is 44.6 Å². The van der Waals surface area contributed by atoms with Gasteiger partial charge in [-0.2, -0.15) is 0 Å². The maximum atomic E-state index is 12.6. The Hall–Kier alpha value is -1.15.